The molecule has 3 N–H and O–H groups in total. The van der Waals surface area contributed by atoms with Crippen molar-refractivity contribution >= 4 is 0 Å². The molecule has 0 aliphatic carbocycles. The molecule has 1 heterocycles. The number of aromatic nitrogens is 2. The molecule has 7 heteroatoms. The molecule has 0 amide bonds. The first-order valence-electron chi connectivity index (χ1n) is 11.1. The molecule has 0 spiro atoms. The van der Waals surface area contributed by atoms with E-state index in [9.17, 15) is 15.3 Å². The second-order valence-corrected chi connectivity index (χ2v) is 7.78. The van der Waals surface area contributed by atoms with Crippen molar-refractivity contribution in [1.82, 2.24) is 9.55 Å². The number of hydrogen-bond acceptors (Lipinski definition) is 6. The summed E-state index contributed by atoms with van der Waals surface area (Å²) in [4.78, 5) is 4.18. The van der Waals surface area contributed by atoms with Gasteiger partial charge in [0.15, 0.2) is 0 Å². The molecule has 1 aromatic heterocycles. The lowest BCUT2D eigenvalue weighted by atomic mass is 9.97. The monoisotopic (exact) mass is 452 g/mol. The summed E-state index contributed by atoms with van der Waals surface area (Å²) >= 11 is 0. The fourth-order valence-electron chi connectivity index (χ4n) is 3.67. The highest BCUT2D eigenvalue weighted by Gasteiger charge is 2.23. The number of imidazole rings is 1. The van der Waals surface area contributed by atoms with Gasteiger partial charge in [-0.15, -0.1) is 6.58 Å². The van der Waals surface area contributed by atoms with Crippen molar-refractivity contribution in [2.24, 2.45) is 0 Å². The summed E-state index contributed by atoms with van der Waals surface area (Å²) in [6.45, 7) is 8.27. The van der Waals surface area contributed by atoms with Gasteiger partial charge in [-0.25, -0.2) is 4.98 Å². The molecule has 3 aromatic rings. The molecular weight excluding hydrogens is 420 g/mol. The zero-order chi connectivity index (χ0) is 23.8. The maximum absolute atomic E-state index is 11.0. The van der Waals surface area contributed by atoms with Crippen LogP contribution in [0.4, 0.5) is 0 Å². The van der Waals surface area contributed by atoms with E-state index in [-0.39, 0.29) is 13.2 Å². The SMILES string of the molecule is C=CC(C(O)c1ccc(-c2ccccc2OCC(O)COCC)cc1)n1ccnc1C(C)O. The summed E-state index contributed by atoms with van der Waals surface area (Å²) in [5.74, 6) is 1.12. The number of aliphatic hydroxyl groups excluding tert-OH is 3. The van der Waals surface area contributed by atoms with Crippen LogP contribution in [0.1, 0.15) is 43.5 Å². The molecule has 0 fully saturated rings. The van der Waals surface area contributed by atoms with Crippen LogP contribution in [0.5, 0.6) is 5.75 Å². The molecule has 0 bridgehead atoms. The van der Waals surface area contributed by atoms with Gasteiger partial charge in [0, 0.05) is 24.6 Å². The van der Waals surface area contributed by atoms with Crippen molar-refractivity contribution in [3.05, 3.63) is 85.0 Å². The third-order valence-corrected chi connectivity index (χ3v) is 5.35. The molecule has 2 aromatic carbocycles. The van der Waals surface area contributed by atoms with Crippen molar-refractivity contribution in [3.63, 3.8) is 0 Å². The maximum Gasteiger partial charge on any atom is 0.137 e. The second kappa shape index (κ2) is 11.8. The number of hydrogen-bond donors (Lipinski definition) is 3. The molecule has 7 nitrogen and oxygen atoms in total. The van der Waals surface area contributed by atoms with Crippen LogP contribution in [-0.2, 0) is 4.74 Å². The summed E-state index contributed by atoms with van der Waals surface area (Å²) < 4.78 is 12.8. The van der Waals surface area contributed by atoms with Gasteiger partial charge in [0.2, 0.25) is 0 Å². The van der Waals surface area contributed by atoms with Crippen LogP contribution < -0.4 is 4.74 Å². The van der Waals surface area contributed by atoms with Crippen LogP contribution >= 0.6 is 0 Å². The smallest absolute Gasteiger partial charge is 0.137 e. The number of ether oxygens (including phenoxy) is 2. The average Bonchev–Trinajstić information content (AvgIpc) is 3.32. The Kier molecular flexibility index (Phi) is 8.79. The normalized spacial score (nSPS) is 14.9. The highest BCUT2D eigenvalue weighted by molar-refractivity contribution is 5.70. The Balaban J connectivity index is 1.77. The Labute approximate surface area is 194 Å². The largest absolute Gasteiger partial charge is 0.490 e. The third-order valence-electron chi connectivity index (χ3n) is 5.35. The standard InChI is InChI=1S/C26H32N2O5/c1-4-23(28-15-14-27-26(28)18(3)29)25(31)20-12-10-19(11-13-20)22-8-6-7-9-24(22)33-17-21(30)16-32-5-2/h4,6-15,18,21,23,25,29-31H,1,5,16-17H2,2-3H3. The first-order valence-corrected chi connectivity index (χ1v) is 11.1. The molecular formula is C26H32N2O5. The third kappa shape index (κ3) is 6.09. The van der Waals surface area contributed by atoms with Crippen LogP contribution in [0.2, 0.25) is 0 Å². The lowest BCUT2D eigenvalue weighted by Gasteiger charge is -2.24. The van der Waals surface area contributed by atoms with E-state index in [1.807, 2.05) is 55.5 Å². The van der Waals surface area contributed by atoms with Crippen LogP contribution in [0.15, 0.2) is 73.6 Å². The molecule has 0 saturated heterocycles. The predicted molar refractivity (Wildman–Crippen MR) is 127 cm³/mol. The van der Waals surface area contributed by atoms with Gasteiger partial charge in [-0.2, -0.15) is 0 Å². The van der Waals surface area contributed by atoms with Crippen molar-refractivity contribution < 1.29 is 24.8 Å². The molecule has 0 aliphatic rings. The molecule has 176 valence electrons. The van der Waals surface area contributed by atoms with Crippen molar-refractivity contribution in [2.75, 3.05) is 19.8 Å². The van der Waals surface area contributed by atoms with Crippen LogP contribution in [-0.4, -0.2) is 50.8 Å². The summed E-state index contributed by atoms with van der Waals surface area (Å²) in [6.07, 6.45) is 2.61. The highest BCUT2D eigenvalue weighted by atomic mass is 16.5. The molecule has 0 aliphatic heterocycles. The van der Waals surface area contributed by atoms with E-state index in [1.54, 1.807) is 30.0 Å². The van der Waals surface area contributed by atoms with E-state index in [0.717, 1.165) is 11.1 Å². The van der Waals surface area contributed by atoms with Gasteiger partial charge in [0.1, 0.15) is 36.5 Å². The summed E-state index contributed by atoms with van der Waals surface area (Å²) in [6, 6.07) is 14.7. The van der Waals surface area contributed by atoms with E-state index in [1.165, 1.54) is 0 Å². The number of rotatable bonds is 12. The summed E-state index contributed by atoms with van der Waals surface area (Å²) in [5, 5.41) is 31.0. The Bertz CT molecular complexity index is 1020. The van der Waals surface area contributed by atoms with Gasteiger partial charge in [0.05, 0.1) is 12.6 Å². The minimum absolute atomic E-state index is 0.130. The van der Waals surface area contributed by atoms with Gasteiger partial charge < -0.3 is 29.4 Å². The first-order chi connectivity index (χ1) is 16.0. The number of nitrogens with zero attached hydrogens (tertiary/aromatic N) is 2. The number of para-hydroxylation sites is 1. The Hall–Kier alpha value is -2.97. The topological polar surface area (TPSA) is 97.0 Å². The second-order valence-electron chi connectivity index (χ2n) is 7.78. The van der Waals surface area contributed by atoms with Crippen molar-refractivity contribution in [3.8, 4) is 16.9 Å². The fraction of sp³-hybridized carbons (Fsp3) is 0.346. The minimum atomic E-state index is -0.872. The molecule has 3 rings (SSSR count). The molecule has 4 atom stereocenters. The van der Waals surface area contributed by atoms with Crippen LogP contribution in [0.3, 0.4) is 0 Å². The van der Waals surface area contributed by atoms with Gasteiger partial charge in [-0.3, -0.25) is 0 Å². The van der Waals surface area contributed by atoms with E-state index in [4.69, 9.17) is 9.47 Å². The maximum atomic E-state index is 11.0. The molecule has 33 heavy (non-hydrogen) atoms. The van der Waals surface area contributed by atoms with Crippen LogP contribution in [0.25, 0.3) is 11.1 Å². The van der Waals surface area contributed by atoms with E-state index in [0.29, 0.717) is 23.7 Å². The fourth-order valence-corrected chi connectivity index (χ4v) is 3.67. The zero-order valence-electron chi connectivity index (χ0n) is 19.0. The number of benzene rings is 2. The van der Waals surface area contributed by atoms with E-state index in [2.05, 4.69) is 11.6 Å². The molecule has 0 saturated carbocycles. The van der Waals surface area contributed by atoms with Crippen LogP contribution in [0, 0.1) is 0 Å². The van der Waals surface area contributed by atoms with Gasteiger partial charge >= 0.3 is 0 Å². The predicted octanol–water partition coefficient (Wildman–Crippen LogP) is 3.84. The quantitative estimate of drug-likeness (QED) is 0.361. The molecule has 4 unspecified atom stereocenters. The Morgan fingerprint density at radius 3 is 2.45 bits per heavy atom. The van der Waals surface area contributed by atoms with Crippen molar-refractivity contribution in [1.29, 1.82) is 0 Å². The summed E-state index contributed by atoms with van der Waals surface area (Å²) in [5.41, 5.74) is 2.51. The summed E-state index contributed by atoms with van der Waals surface area (Å²) in [7, 11) is 0. The minimum Gasteiger partial charge on any atom is -0.490 e. The van der Waals surface area contributed by atoms with Gasteiger partial charge in [-0.1, -0.05) is 48.5 Å². The van der Waals surface area contributed by atoms with E-state index >= 15 is 0 Å². The van der Waals surface area contributed by atoms with Crippen molar-refractivity contribution in [2.45, 2.75) is 38.2 Å². The van der Waals surface area contributed by atoms with Gasteiger partial charge in [-0.05, 0) is 31.0 Å². The number of aliphatic hydroxyl groups is 3. The molecule has 0 radical (unpaired) electrons. The van der Waals surface area contributed by atoms with Gasteiger partial charge in [0.25, 0.3) is 0 Å². The Morgan fingerprint density at radius 2 is 1.79 bits per heavy atom. The lowest BCUT2D eigenvalue weighted by molar-refractivity contribution is 0.0165. The average molecular weight is 453 g/mol. The Morgan fingerprint density at radius 1 is 1.06 bits per heavy atom. The first kappa shape index (κ1) is 24.7. The zero-order valence-corrected chi connectivity index (χ0v) is 19.0. The lowest BCUT2D eigenvalue weighted by Crippen LogP contribution is -2.23. The van der Waals surface area contributed by atoms with E-state index < -0.39 is 24.4 Å². The highest BCUT2D eigenvalue weighted by Crippen LogP contribution is 2.34.